The van der Waals surface area contributed by atoms with E-state index in [9.17, 15) is 27.8 Å². The zero-order valence-electron chi connectivity index (χ0n) is 18.6. The number of nitrogens with one attached hydrogen (secondary N) is 1. The van der Waals surface area contributed by atoms with Gasteiger partial charge in [0.05, 0.1) is 5.69 Å². The maximum atomic E-state index is 13.3. The predicted molar refractivity (Wildman–Crippen MR) is 136 cm³/mol. The average Bonchev–Trinajstić information content (AvgIpc) is 2.87. The van der Waals surface area contributed by atoms with Gasteiger partial charge in [-0.05, 0) is 77.9 Å². The summed E-state index contributed by atoms with van der Waals surface area (Å²) in [6.45, 7) is 0. The molecular weight excluding hydrogens is 485 g/mol. The molecule has 5 N–H and O–H groups in total. The summed E-state index contributed by atoms with van der Waals surface area (Å²) >= 11 is -2.59. The third-order valence-electron chi connectivity index (χ3n) is 5.32. The number of nitrogens with zero attached hydrogens (tertiary/aromatic N) is 1. The Bertz CT molecular complexity index is 1440. The van der Waals surface area contributed by atoms with Gasteiger partial charge in [-0.3, -0.25) is 14.1 Å². The summed E-state index contributed by atoms with van der Waals surface area (Å²) in [4.78, 5) is 24.0. The average molecular weight is 506 g/mol. The van der Waals surface area contributed by atoms with Gasteiger partial charge in [0.2, 0.25) is 5.91 Å². The van der Waals surface area contributed by atoms with E-state index in [4.69, 9.17) is 5.73 Å². The van der Waals surface area contributed by atoms with Gasteiger partial charge in [-0.25, -0.2) is 12.9 Å². The largest absolute Gasteiger partial charge is 0.506 e. The van der Waals surface area contributed by atoms with Gasteiger partial charge in [0.25, 0.3) is 17.2 Å². The number of rotatable bonds is 7. The first-order chi connectivity index (χ1) is 17.2. The fraction of sp³-hybridized carbons (Fsp3) is 0. The molecule has 4 aromatic rings. The molecule has 0 saturated carbocycles. The third-order valence-corrected chi connectivity index (χ3v) is 6.04. The van der Waals surface area contributed by atoms with Gasteiger partial charge in [0.15, 0.2) is 0 Å². The van der Waals surface area contributed by atoms with E-state index < -0.39 is 28.9 Å². The summed E-state index contributed by atoms with van der Waals surface area (Å²) < 4.78 is 36.0. The molecule has 0 aliphatic carbocycles. The number of hydrogen-bond acceptors (Lipinski definition) is 4. The van der Waals surface area contributed by atoms with Gasteiger partial charge in [0, 0.05) is 16.8 Å². The third kappa shape index (κ3) is 5.40. The molecule has 10 heteroatoms. The van der Waals surface area contributed by atoms with Crippen molar-refractivity contribution in [1.29, 1.82) is 0 Å². The number of benzene rings is 4. The maximum Gasteiger partial charge on any atom is 0.266 e. The SMILES string of the molecule is NC(=O)c1ccc(-c2ccc(C(=O)Nc3ccc(O)c(N(c4ccc(F)cc4)S(=O)O)c3)cc2)cc1. The van der Waals surface area contributed by atoms with Crippen molar-refractivity contribution in [1.82, 2.24) is 0 Å². The fourth-order valence-corrected chi connectivity index (χ4v) is 4.11. The number of anilines is 3. The molecule has 0 heterocycles. The van der Waals surface area contributed by atoms with Crippen LogP contribution >= 0.6 is 0 Å². The molecule has 1 unspecified atom stereocenters. The lowest BCUT2D eigenvalue weighted by molar-refractivity contribution is 0.0997. The topological polar surface area (TPSA) is 133 Å². The van der Waals surface area contributed by atoms with Crippen molar-refractivity contribution in [2.75, 3.05) is 9.62 Å². The quantitative estimate of drug-likeness (QED) is 0.211. The Morgan fingerprint density at radius 3 is 1.92 bits per heavy atom. The zero-order valence-corrected chi connectivity index (χ0v) is 19.4. The standard InChI is InChI=1S/C26H20FN3O5S/c27-20-9-12-22(13-10-20)30(36(34)35)23-15-21(11-14-24(23)31)29-26(33)19-7-3-17(4-8-19)16-1-5-18(6-2-16)25(28)32/h1-15,31H,(H2,28,32)(H,29,33)(H,34,35). The van der Waals surface area contributed by atoms with Crippen molar-refractivity contribution in [3.63, 3.8) is 0 Å². The predicted octanol–water partition coefficient (Wildman–Crippen LogP) is 4.82. The molecule has 0 spiro atoms. The summed E-state index contributed by atoms with van der Waals surface area (Å²) in [6.07, 6.45) is 0. The molecule has 0 radical (unpaired) electrons. The number of nitrogens with two attached hydrogens (primary N) is 1. The zero-order chi connectivity index (χ0) is 25.8. The molecule has 0 aliphatic heterocycles. The van der Waals surface area contributed by atoms with Crippen LogP contribution in [-0.4, -0.2) is 25.7 Å². The molecule has 4 aromatic carbocycles. The lowest BCUT2D eigenvalue weighted by Crippen LogP contribution is -2.20. The Morgan fingerprint density at radius 2 is 1.39 bits per heavy atom. The molecule has 36 heavy (non-hydrogen) atoms. The molecule has 8 nitrogen and oxygen atoms in total. The highest BCUT2D eigenvalue weighted by atomic mass is 32.2. The van der Waals surface area contributed by atoms with Crippen LogP contribution in [0.4, 0.5) is 21.5 Å². The lowest BCUT2D eigenvalue weighted by atomic mass is 10.0. The molecule has 182 valence electrons. The number of carbonyl (C=O) groups is 2. The lowest BCUT2D eigenvalue weighted by Gasteiger charge is -2.21. The number of aromatic hydroxyl groups is 1. The van der Waals surface area contributed by atoms with Gasteiger partial charge in [0.1, 0.15) is 17.3 Å². The van der Waals surface area contributed by atoms with E-state index >= 15 is 0 Å². The van der Waals surface area contributed by atoms with E-state index in [0.29, 0.717) is 11.1 Å². The number of phenolic OH excluding ortho intramolecular Hbond substituents is 1. The van der Waals surface area contributed by atoms with Crippen LogP contribution < -0.4 is 15.4 Å². The highest BCUT2D eigenvalue weighted by Crippen LogP contribution is 2.36. The van der Waals surface area contributed by atoms with Crippen LogP contribution in [0.1, 0.15) is 20.7 Å². The van der Waals surface area contributed by atoms with Crippen molar-refractivity contribution >= 4 is 40.1 Å². The van der Waals surface area contributed by atoms with Crippen LogP contribution in [0.15, 0.2) is 91.0 Å². The number of hydrogen-bond donors (Lipinski definition) is 4. The fourth-order valence-electron chi connectivity index (χ4n) is 3.50. The first-order valence-corrected chi connectivity index (χ1v) is 11.6. The van der Waals surface area contributed by atoms with Crippen LogP contribution in [0.3, 0.4) is 0 Å². The summed E-state index contributed by atoms with van der Waals surface area (Å²) in [5.41, 5.74) is 8.04. The Labute approximate surface area is 208 Å². The minimum absolute atomic E-state index is 0.0602. The summed E-state index contributed by atoms with van der Waals surface area (Å²) in [7, 11) is 0. The molecule has 4 rings (SSSR count). The molecule has 0 aliphatic rings. The molecule has 0 fully saturated rings. The van der Waals surface area contributed by atoms with Crippen molar-refractivity contribution in [2.24, 2.45) is 5.73 Å². The van der Waals surface area contributed by atoms with Crippen LogP contribution in [0, 0.1) is 5.82 Å². The van der Waals surface area contributed by atoms with Crippen molar-refractivity contribution in [3.8, 4) is 16.9 Å². The molecule has 0 saturated heterocycles. The van der Waals surface area contributed by atoms with Crippen LogP contribution in [0.2, 0.25) is 0 Å². The van der Waals surface area contributed by atoms with Gasteiger partial charge < -0.3 is 16.2 Å². The second-order valence-electron chi connectivity index (χ2n) is 7.68. The van der Waals surface area contributed by atoms with Gasteiger partial charge in [-0.2, -0.15) is 0 Å². The van der Waals surface area contributed by atoms with Gasteiger partial charge >= 0.3 is 0 Å². The Morgan fingerprint density at radius 1 is 0.833 bits per heavy atom. The summed E-state index contributed by atoms with van der Waals surface area (Å²) in [6, 6.07) is 22.4. The second-order valence-corrected chi connectivity index (χ2v) is 8.50. The number of halogens is 1. The Hall–Kier alpha value is -4.54. The van der Waals surface area contributed by atoms with E-state index in [-0.39, 0.29) is 22.8 Å². The van der Waals surface area contributed by atoms with Crippen molar-refractivity contribution in [2.45, 2.75) is 0 Å². The van der Waals surface area contributed by atoms with Gasteiger partial charge in [-0.1, -0.05) is 24.3 Å². The molecular formula is C26H20FN3O5S. The molecule has 1 atom stereocenters. The minimum Gasteiger partial charge on any atom is -0.506 e. The number of phenols is 1. The van der Waals surface area contributed by atoms with Crippen molar-refractivity contribution in [3.05, 3.63) is 108 Å². The van der Waals surface area contributed by atoms with Crippen molar-refractivity contribution < 1.29 is 27.8 Å². The second kappa shape index (κ2) is 10.4. The van der Waals surface area contributed by atoms with E-state index in [2.05, 4.69) is 5.32 Å². The summed E-state index contributed by atoms with van der Waals surface area (Å²) in [5, 5.41) is 13.0. The monoisotopic (exact) mass is 505 g/mol. The first-order valence-electron chi connectivity index (χ1n) is 10.5. The minimum atomic E-state index is -2.59. The molecule has 2 amide bonds. The Kier molecular flexibility index (Phi) is 7.09. The van der Waals surface area contributed by atoms with E-state index in [0.717, 1.165) is 27.6 Å². The summed E-state index contributed by atoms with van der Waals surface area (Å²) in [5.74, 6) is -1.80. The molecule has 0 aromatic heterocycles. The number of carbonyl (C=O) groups excluding carboxylic acids is 2. The smallest absolute Gasteiger partial charge is 0.266 e. The van der Waals surface area contributed by atoms with Gasteiger partial charge in [-0.15, -0.1) is 0 Å². The normalized spacial score (nSPS) is 11.5. The van der Waals surface area contributed by atoms with Crippen LogP contribution in [0.5, 0.6) is 5.75 Å². The Balaban J connectivity index is 1.54. The molecule has 0 bridgehead atoms. The van der Waals surface area contributed by atoms with E-state index in [1.165, 1.54) is 30.3 Å². The number of amides is 2. The maximum absolute atomic E-state index is 13.3. The van der Waals surface area contributed by atoms with Crippen LogP contribution in [-0.2, 0) is 11.3 Å². The highest BCUT2D eigenvalue weighted by Gasteiger charge is 2.20. The van der Waals surface area contributed by atoms with E-state index in [1.54, 1.807) is 48.5 Å². The number of primary amides is 1. The van der Waals surface area contributed by atoms with E-state index in [1.807, 2.05) is 0 Å². The highest BCUT2D eigenvalue weighted by molar-refractivity contribution is 7.81. The van der Waals surface area contributed by atoms with Crippen LogP contribution in [0.25, 0.3) is 11.1 Å². The first kappa shape index (κ1) is 24.6.